The van der Waals surface area contributed by atoms with Gasteiger partial charge in [-0.15, -0.1) is 11.3 Å². The van der Waals surface area contributed by atoms with E-state index in [1.54, 1.807) is 29.5 Å². The second-order valence-corrected chi connectivity index (χ2v) is 7.69. The Kier molecular flexibility index (Phi) is 4.88. The van der Waals surface area contributed by atoms with Gasteiger partial charge in [-0.05, 0) is 28.9 Å². The number of amides is 1. The highest BCUT2D eigenvalue weighted by atomic mass is 79.9. The molecule has 1 aliphatic rings. The molecule has 10 heteroatoms. The summed E-state index contributed by atoms with van der Waals surface area (Å²) < 4.78 is 2.23. The molecule has 26 heavy (non-hydrogen) atoms. The number of aromatic nitrogens is 4. The second kappa shape index (κ2) is 7.29. The summed E-state index contributed by atoms with van der Waals surface area (Å²) in [6, 6.07) is 0. The largest absolute Gasteiger partial charge is 0.354 e. The first-order valence-corrected chi connectivity index (χ1v) is 9.99. The van der Waals surface area contributed by atoms with Crippen LogP contribution in [0.2, 0.25) is 0 Å². The number of rotatable bonds is 3. The Morgan fingerprint density at radius 2 is 2.27 bits per heavy atom. The second-order valence-electron chi connectivity index (χ2n) is 6.08. The zero-order valence-corrected chi connectivity index (χ0v) is 16.6. The fourth-order valence-electron chi connectivity index (χ4n) is 2.92. The van der Waals surface area contributed by atoms with Crippen molar-refractivity contribution >= 4 is 55.0 Å². The smallest absolute Gasteiger partial charge is 0.258 e. The van der Waals surface area contributed by atoms with Crippen LogP contribution in [0.5, 0.6) is 0 Å². The van der Waals surface area contributed by atoms with Crippen molar-refractivity contribution in [1.29, 1.82) is 0 Å². The molecule has 8 nitrogen and oxygen atoms in total. The number of carbonyl (C=O) groups excluding carboxylic acids is 1. The molecule has 3 aromatic rings. The molecule has 0 unspecified atom stereocenters. The third-order valence-electron chi connectivity index (χ3n) is 4.21. The molecule has 3 aromatic heterocycles. The SMILES string of the molecule is Cn1cc(NC(=O)c2csc3ncc(N4CCCNCC4)nc23)c(Br)n1. The summed E-state index contributed by atoms with van der Waals surface area (Å²) in [7, 11) is 1.80. The number of hydrogen-bond donors (Lipinski definition) is 2. The highest BCUT2D eigenvalue weighted by Gasteiger charge is 2.19. The average molecular weight is 436 g/mol. The number of anilines is 2. The molecule has 4 heterocycles. The van der Waals surface area contributed by atoms with Crippen LogP contribution in [0.25, 0.3) is 10.3 Å². The number of fused-ring (bicyclic) bond motifs is 1. The van der Waals surface area contributed by atoms with E-state index in [2.05, 4.69) is 41.5 Å². The summed E-state index contributed by atoms with van der Waals surface area (Å²) in [6.07, 6.45) is 4.60. The van der Waals surface area contributed by atoms with E-state index in [0.29, 0.717) is 21.4 Å². The number of nitrogens with zero attached hydrogens (tertiary/aromatic N) is 5. The first-order chi connectivity index (χ1) is 12.6. The zero-order valence-electron chi connectivity index (χ0n) is 14.2. The minimum Gasteiger partial charge on any atom is -0.354 e. The van der Waals surface area contributed by atoms with Gasteiger partial charge in [0.2, 0.25) is 0 Å². The van der Waals surface area contributed by atoms with E-state index >= 15 is 0 Å². The number of carbonyl (C=O) groups is 1. The van der Waals surface area contributed by atoms with E-state index in [-0.39, 0.29) is 5.91 Å². The predicted molar refractivity (Wildman–Crippen MR) is 106 cm³/mol. The third kappa shape index (κ3) is 3.44. The van der Waals surface area contributed by atoms with Gasteiger partial charge >= 0.3 is 0 Å². The van der Waals surface area contributed by atoms with E-state index < -0.39 is 0 Å². The maximum Gasteiger partial charge on any atom is 0.258 e. The van der Waals surface area contributed by atoms with Gasteiger partial charge in [0, 0.05) is 38.3 Å². The van der Waals surface area contributed by atoms with Crippen LogP contribution in [0.3, 0.4) is 0 Å². The summed E-state index contributed by atoms with van der Waals surface area (Å²) >= 11 is 4.77. The average Bonchev–Trinajstić information content (AvgIpc) is 3.05. The quantitative estimate of drug-likeness (QED) is 0.655. The van der Waals surface area contributed by atoms with Crippen molar-refractivity contribution in [3.63, 3.8) is 0 Å². The van der Waals surface area contributed by atoms with Crippen molar-refractivity contribution in [2.45, 2.75) is 6.42 Å². The summed E-state index contributed by atoms with van der Waals surface area (Å²) in [4.78, 5) is 25.0. The molecule has 1 saturated heterocycles. The molecule has 136 valence electrons. The van der Waals surface area contributed by atoms with E-state index in [1.165, 1.54) is 11.3 Å². The van der Waals surface area contributed by atoms with Gasteiger partial charge in [-0.3, -0.25) is 9.48 Å². The van der Waals surface area contributed by atoms with Crippen LogP contribution in [-0.4, -0.2) is 51.8 Å². The Bertz CT molecular complexity index is 945. The maximum atomic E-state index is 12.7. The number of aryl methyl sites for hydroxylation is 1. The molecule has 0 aromatic carbocycles. The predicted octanol–water partition coefficient (Wildman–Crippen LogP) is 2.24. The highest BCUT2D eigenvalue weighted by Crippen LogP contribution is 2.27. The maximum absolute atomic E-state index is 12.7. The lowest BCUT2D eigenvalue weighted by molar-refractivity contribution is 0.102. The topological polar surface area (TPSA) is 88.0 Å². The molecule has 0 aliphatic carbocycles. The summed E-state index contributed by atoms with van der Waals surface area (Å²) in [5.74, 6) is 0.602. The molecule has 4 rings (SSSR count). The Morgan fingerprint density at radius 1 is 1.38 bits per heavy atom. The Balaban J connectivity index is 1.63. The van der Waals surface area contributed by atoms with Crippen LogP contribution in [0.15, 0.2) is 22.4 Å². The van der Waals surface area contributed by atoms with Gasteiger partial charge in [-0.25, -0.2) is 9.97 Å². The van der Waals surface area contributed by atoms with Gasteiger partial charge in [-0.1, -0.05) is 0 Å². The summed E-state index contributed by atoms with van der Waals surface area (Å²) in [5, 5.41) is 12.2. The molecule has 0 saturated carbocycles. The zero-order chi connectivity index (χ0) is 18.1. The molecule has 0 bridgehead atoms. The monoisotopic (exact) mass is 435 g/mol. The normalized spacial score (nSPS) is 15.2. The molecular formula is C16H18BrN7OS. The van der Waals surface area contributed by atoms with Crippen molar-refractivity contribution in [3.8, 4) is 0 Å². The van der Waals surface area contributed by atoms with E-state index in [0.717, 1.165) is 43.2 Å². The van der Waals surface area contributed by atoms with Crippen molar-refractivity contribution < 1.29 is 4.79 Å². The molecule has 0 atom stereocenters. The van der Waals surface area contributed by atoms with Crippen LogP contribution in [0.1, 0.15) is 16.8 Å². The Labute approximate surface area is 162 Å². The molecule has 2 N–H and O–H groups in total. The lowest BCUT2D eigenvalue weighted by atomic mass is 10.2. The number of halogens is 1. The van der Waals surface area contributed by atoms with Gasteiger partial charge in [0.15, 0.2) is 4.60 Å². The number of nitrogens with one attached hydrogen (secondary N) is 2. The van der Waals surface area contributed by atoms with Gasteiger partial charge in [0.05, 0.1) is 17.4 Å². The third-order valence-corrected chi connectivity index (χ3v) is 5.67. The molecule has 1 aliphatic heterocycles. The minimum absolute atomic E-state index is 0.214. The van der Waals surface area contributed by atoms with Gasteiger partial charge in [0.25, 0.3) is 5.91 Å². The van der Waals surface area contributed by atoms with Crippen molar-refractivity contribution in [2.75, 3.05) is 36.4 Å². The fraction of sp³-hybridized carbons (Fsp3) is 0.375. The van der Waals surface area contributed by atoms with Crippen LogP contribution in [0.4, 0.5) is 11.5 Å². The van der Waals surface area contributed by atoms with Crippen molar-refractivity contribution in [1.82, 2.24) is 25.1 Å². The Hall–Kier alpha value is -2.04. The first kappa shape index (κ1) is 17.4. The van der Waals surface area contributed by atoms with E-state index in [1.807, 2.05) is 0 Å². The summed E-state index contributed by atoms with van der Waals surface area (Å²) in [5.41, 5.74) is 1.80. The van der Waals surface area contributed by atoms with Crippen LogP contribution in [0, 0.1) is 0 Å². The Morgan fingerprint density at radius 3 is 3.08 bits per heavy atom. The lowest BCUT2D eigenvalue weighted by Crippen LogP contribution is -2.28. The molecule has 1 fully saturated rings. The van der Waals surface area contributed by atoms with E-state index in [9.17, 15) is 4.79 Å². The summed E-state index contributed by atoms with van der Waals surface area (Å²) in [6.45, 7) is 3.75. The number of thiophene rings is 1. The van der Waals surface area contributed by atoms with Gasteiger partial charge < -0.3 is 15.5 Å². The van der Waals surface area contributed by atoms with E-state index in [4.69, 9.17) is 4.98 Å². The minimum atomic E-state index is -0.214. The van der Waals surface area contributed by atoms with Gasteiger partial charge in [-0.2, -0.15) is 5.10 Å². The fourth-order valence-corrected chi connectivity index (χ4v) is 4.20. The van der Waals surface area contributed by atoms with Gasteiger partial charge in [0.1, 0.15) is 16.2 Å². The van der Waals surface area contributed by atoms with Crippen molar-refractivity contribution in [2.24, 2.45) is 7.05 Å². The molecular weight excluding hydrogens is 418 g/mol. The lowest BCUT2D eigenvalue weighted by Gasteiger charge is -2.20. The highest BCUT2D eigenvalue weighted by molar-refractivity contribution is 9.10. The molecule has 0 radical (unpaired) electrons. The van der Waals surface area contributed by atoms with Crippen LogP contribution < -0.4 is 15.5 Å². The van der Waals surface area contributed by atoms with Crippen LogP contribution in [-0.2, 0) is 7.05 Å². The number of hydrogen-bond acceptors (Lipinski definition) is 7. The standard InChI is InChI=1S/C16H18BrN7OS/c1-23-8-11(14(17)22-23)20-15(25)10-9-26-16-13(10)21-12(7-19-16)24-5-2-3-18-4-6-24/h7-9,18H,2-6H2,1H3,(H,20,25). The van der Waals surface area contributed by atoms with Crippen molar-refractivity contribution in [3.05, 3.63) is 27.9 Å². The van der Waals surface area contributed by atoms with Crippen LogP contribution >= 0.6 is 27.3 Å². The molecule has 0 spiro atoms. The molecule has 1 amide bonds. The first-order valence-electron chi connectivity index (χ1n) is 8.32.